The number of ketones is 1. The minimum Gasteiger partial charge on any atom is -0.486 e. The van der Waals surface area contributed by atoms with E-state index in [1.54, 1.807) is 7.11 Å². The van der Waals surface area contributed by atoms with Gasteiger partial charge in [0.05, 0.1) is 6.61 Å². The normalized spacial score (nSPS) is 10.0. The standard InChI is InChI=1S/C12H16O3/c1-10(13)9-15-12-5-3-11(4-6-12)7-8-14-2/h3-6H,7-9H2,1-2H3. The van der Waals surface area contributed by atoms with Crippen LogP contribution in [0.4, 0.5) is 0 Å². The SMILES string of the molecule is COCCc1ccc(OCC(C)=O)cc1. The molecule has 0 heterocycles. The van der Waals surface area contributed by atoms with Crippen LogP contribution in [0.3, 0.4) is 0 Å². The Balaban J connectivity index is 2.45. The number of ether oxygens (including phenoxy) is 2. The van der Waals surface area contributed by atoms with Crippen molar-refractivity contribution in [2.75, 3.05) is 20.3 Å². The summed E-state index contributed by atoms with van der Waals surface area (Å²) < 4.78 is 10.2. The molecule has 0 aliphatic carbocycles. The van der Waals surface area contributed by atoms with Gasteiger partial charge in [-0.1, -0.05) is 12.1 Å². The second-order valence-electron chi connectivity index (χ2n) is 3.38. The van der Waals surface area contributed by atoms with Crippen LogP contribution in [0.5, 0.6) is 5.75 Å². The highest BCUT2D eigenvalue weighted by atomic mass is 16.5. The predicted octanol–water partition coefficient (Wildman–Crippen LogP) is 1.84. The van der Waals surface area contributed by atoms with Crippen LogP contribution in [-0.4, -0.2) is 26.1 Å². The number of methoxy groups -OCH3 is 1. The van der Waals surface area contributed by atoms with E-state index >= 15 is 0 Å². The lowest BCUT2D eigenvalue weighted by Crippen LogP contribution is -2.06. The zero-order chi connectivity index (χ0) is 11.1. The third-order valence-electron chi connectivity index (χ3n) is 1.96. The lowest BCUT2D eigenvalue weighted by Gasteiger charge is -2.05. The summed E-state index contributed by atoms with van der Waals surface area (Å²) >= 11 is 0. The molecule has 0 radical (unpaired) electrons. The highest BCUT2D eigenvalue weighted by Gasteiger charge is 1.97. The Hall–Kier alpha value is -1.35. The molecule has 1 rings (SSSR count). The first kappa shape index (κ1) is 11.7. The van der Waals surface area contributed by atoms with E-state index in [0.29, 0.717) is 6.61 Å². The van der Waals surface area contributed by atoms with Gasteiger partial charge in [-0.2, -0.15) is 0 Å². The summed E-state index contributed by atoms with van der Waals surface area (Å²) in [5, 5.41) is 0. The van der Waals surface area contributed by atoms with Crippen LogP contribution < -0.4 is 4.74 Å². The zero-order valence-electron chi connectivity index (χ0n) is 9.16. The molecule has 0 unspecified atom stereocenters. The smallest absolute Gasteiger partial charge is 0.167 e. The van der Waals surface area contributed by atoms with Crippen LogP contribution in [0.15, 0.2) is 24.3 Å². The highest BCUT2D eigenvalue weighted by molar-refractivity contribution is 5.77. The van der Waals surface area contributed by atoms with Crippen LogP contribution in [-0.2, 0) is 16.0 Å². The van der Waals surface area contributed by atoms with Gasteiger partial charge in [-0.05, 0) is 31.0 Å². The van der Waals surface area contributed by atoms with Gasteiger partial charge < -0.3 is 9.47 Å². The molecule has 0 aliphatic rings. The molecule has 0 bridgehead atoms. The lowest BCUT2D eigenvalue weighted by atomic mass is 10.1. The molecule has 0 saturated heterocycles. The first-order chi connectivity index (χ1) is 7.22. The van der Waals surface area contributed by atoms with Crippen molar-refractivity contribution in [1.82, 2.24) is 0 Å². The van der Waals surface area contributed by atoms with Crippen molar-refractivity contribution >= 4 is 5.78 Å². The first-order valence-electron chi connectivity index (χ1n) is 4.92. The molecular weight excluding hydrogens is 192 g/mol. The van der Waals surface area contributed by atoms with Gasteiger partial charge in [-0.15, -0.1) is 0 Å². The lowest BCUT2D eigenvalue weighted by molar-refractivity contribution is -0.118. The summed E-state index contributed by atoms with van der Waals surface area (Å²) in [6, 6.07) is 7.70. The molecule has 0 spiro atoms. The fraction of sp³-hybridized carbons (Fsp3) is 0.417. The van der Waals surface area contributed by atoms with Crippen molar-refractivity contribution in [2.45, 2.75) is 13.3 Å². The Labute approximate surface area is 90.0 Å². The number of Topliss-reactive ketones (excluding diaryl/α,β-unsaturated/α-hetero) is 1. The largest absolute Gasteiger partial charge is 0.486 e. The van der Waals surface area contributed by atoms with E-state index < -0.39 is 0 Å². The van der Waals surface area contributed by atoms with Crippen LogP contribution >= 0.6 is 0 Å². The topological polar surface area (TPSA) is 35.5 Å². The summed E-state index contributed by atoms with van der Waals surface area (Å²) in [5.41, 5.74) is 1.20. The van der Waals surface area contributed by atoms with Crippen LogP contribution in [0.25, 0.3) is 0 Å². The molecule has 0 N–H and O–H groups in total. The molecule has 1 aromatic carbocycles. The molecule has 0 amide bonds. The van der Waals surface area contributed by atoms with Crippen molar-refractivity contribution in [1.29, 1.82) is 0 Å². The molecule has 1 aromatic rings. The van der Waals surface area contributed by atoms with Crippen LogP contribution in [0, 0.1) is 0 Å². The van der Waals surface area contributed by atoms with Gasteiger partial charge in [0, 0.05) is 7.11 Å². The number of benzene rings is 1. The first-order valence-corrected chi connectivity index (χ1v) is 4.92. The summed E-state index contributed by atoms with van der Waals surface area (Å²) in [6.07, 6.45) is 0.892. The highest BCUT2D eigenvalue weighted by Crippen LogP contribution is 2.12. The Morgan fingerprint density at radius 2 is 1.93 bits per heavy atom. The molecular formula is C12H16O3. The van der Waals surface area contributed by atoms with Crippen molar-refractivity contribution < 1.29 is 14.3 Å². The van der Waals surface area contributed by atoms with E-state index in [1.807, 2.05) is 24.3 Å². The monoisotopic (exact) mass is 208 g/mol. The van der Waals surface area contributed by atoms with Crippen molar-refractivity contribution in [2.24, 2.45) is 0 Å². The quantitative estimate of drug-likeness (QED) is 0.715. The van der Waals surface area contributed by atoms with Crippen molar-refractivity contribution in [3.05, 3.63) is 29.8 Å². The Morgan fingerprint density at radius 1 is 1.27 bits per heavy atom. The molecule has 15 heavy (non-hydrogen) atoms. The molecule has 3 nitrogen and oxygen atoms in total. The average Bonchev–Trinajstić information content (AvgIpc) is 2.25. The molecule has 0 fully saturated rings. The van der Waals surface area contributed by atoms with Gasteiger partial charge in [0.1, 0.15) is 12.4 Å². The fourth-order valence-electron chi connectivity index (χ4n) is 1.16. The Kier molecular flexibility index (Phi) is 4.84. The number of hydrogen-bond donors (Lipinski definition) is 0. The van der Waals surface area contributed by atoms with E-state index in [2.05, 4.69) is 0 Å². The minimum atomic E-state index is 0.0264. The van der Waals surface area contributed by atoms with Crippen LogP contribution in [0.1, 0.15) is 12.5 Å². The number of carbonyl (C=O) groups is 1. The summed E-state index contributed by atoms with van der Waals surface area (Å²) in [7, 11) is 1.68. The average molecular weight is 208 g/mol. The van der Waals surface area contributed by atoms with Crippen LogP contribution in [0.2, 0.25) is 0 Å². The molecule has 0 aromatic heterocycles. The maximum Gasteiger partial charge on any atom is 0.167 e. The van der Waals surface area contributed by atoms with Crippen molar-refractivity contribution in [3.63, 3.8) is 0 Å². The second kappa shape index (κ2) is 6.19. The van der Waals surface area contributed by atoms with E-state index in [4.69, 9.17) is 9.47 Å². The molecule has 0 atom stereocenters. The van der Waals surface area contributed by atoms with E-state index in [-0.39, 0.29) is 12.4 Å². The van der Waals surface area contributed by atoms with E-state index in [9.17, 15) is 4.79 Å². The van der Waals surface area contributed by atoms with E-state index in [1.165, 1.54) is 12.5 Å². The zero-order valence-corrected chi connectivity index (χ0v) is 9.16. The minimum absolute atomic E-state index is 0.0264. The van der Waals surface area contributed by atoms with Gasteiger partial charge in [-0.3, -0.25) is 4.79 Å². The number of hydrogen-bond acceptors (Lipinski definition) is 3. The third-order valence-corrected chi connectivity index (χ3v) is 1.96. The maximum absolute atomic E-state index is 10.7. The van der Waals surface area contributed by atoms with Gasteiger partial charge in [0.2, 0.25) is 0 Å². The summed E-state index contributed by atoms with van der Waals surface area (Å²) in [4.78, 5) is 10.7. The number of rotatable bonds is 6. The molecule has 82 valence electrons. The van der Waals surface area contributed by atoms with E-state index in [0.717, 1.165) is 12.2 Å². The van der Waals surface area contributed by atoms with Gasteiger partial charge in [0.15, 0.2) is 5.78 Å². The fourth-order valence-corrected chi connectivity index (χ4v) is 1.16. The third kappa shape index (κ3) is 4.61. The molecule has 0 saturated carbocycles. The Bertz CT molecular complexity index is 303. The number of carbonyl (C=O) groups excluding carboxylic acids is 1. The Morgan fingerprint density at radius 3 is 2.47 bits per heavy atom. The molecule has 0 aliphatic heterocycles. The summed E-state index contributed by atoms with van der Waals surface area (Å²) in [6.45, 7) is 2.36. The van der Waals surface area contributed by atoms with Gasteiger partial charge in [0.25, 0.3) is 0 Å². The second-order valence-corrected chi connectivity index (χ2v) is 3.38. The predicted molar refractivity (Wildman–Crippen MR) is 58.2 cm³/mol. The van der Waals surface area contributed by atoms with Gasteiger partial charge in [-0.25, -0.2) is 0 Å². The maximum atomic E-state index is 10.7. The molecule has 3 heteroatoms. The van der Waals surface area contributed by atoms with Gasteiger partial charge >= 0.3 is 0 Å². The summed E-state index contributed by atoms with van der Waals surface area (Å²) in [5.74, 6) is 0.754. The van der Waals surface area contributed by atoms with Crippen molar-refractivity contribution in [3.8, 4) is 5.75 Å².